The van der Waals surface area contributed by atoms with Crippen molar-refractivity contribution in [2.24, 2.45) is 4.99 Å². The Labute approximate surface area is 166 Å². The predicted octanol–water partition coefficient (Wildman–Crippen LogP) is 3.69. The average Bonchev–Trinajstić information content (AvgIpc) is 2.95. The number of nitrogens with zero attached hydrogens (tertiary/aromatic N) is 2. The van der Waals surface area contributed by atoms with Gasteiger partial charge in [-0.1, -0.05) is 17.8 Å². The van der Waals surface area contributed by atoms with Crippen LogP contribution >= 0.6 is 11.8 Å². The van der Waals surface area contributed by atoms with Crippen LogP contribution in [0.25, 0.3) is 0 Å². The summed E-state index contributed by atoms with van der Waals surface area (Å²) in [5.74, 6) is -0.298. The third-order valence-corrected chi connectivity index (χ3v) is 5.17. The number of benzene rings is 2. The molecule has 2 aromatic carbocycles. The predicted molar refractivity (Wildman–Crippen MR) is 109 cm³/mol. The maximum Gasteiger partial charge on any atom is 0.247 e. The lowest BCUT2D eigenvalue weighted by Crippen LogP contribution is -2.31. The molecule has 2 amide bonds. The number of thioether (sulfide) groups is 1. The number of imide groups is 1. The number of rotatable bonds is 5. The quantitative estimate of drug-likeness (QED) is 0.470. The van der Waals surface area contributed by atoms with Gasteiger partial charge in [0, 0.05) is 18.7 Å². The third-order valence-electron chi connectivity index (χ3n) is 4.07. The van der Waals surface area contributed by atoms with Gasteiger partial charge in [0.15, 0.2) is 5.17 Å². The zero-order valence-corrected chi connectivity index (χ0v) is 16.3. The number of aliphatic imine (C=N–C) groups is 1. The van der Waals surface area contributed by atoms with Crippen LogP contribution in [0.1, 0.15) is 13.3 Å². The van der Waals surface area contributed by atoms with Crippen LogP contribution in [0.5, 0.6) is 5.75 Å². The topological polar surface area (TPSA) is 71.0 Å². The summed E-state index contributed by atoms with van der Waals surface area (Å²) in [5.41, 5.74) is 1.04. The van der Waals surface area contributed by atoms with E-state index in [1.807, 2.05) is 6.92 Å². The van der Waals surface area contributed by atoms with Crippen molar-refractivity contribution in [1.29, 1.82) is 0 Å². The summed E-state index contributed by atoms with van der Waals surface area (Å²) in [5, 5.41) is 2.90. The maximum atomic E-state index is 13.4. The van der Waals surface area contributed by atoms with Gasteiger partial charge < -0.3 is 10.1 Å². The van der Waals surface area contributed by atoms with Crippen molar-refractivity contribution in [3.05, 3.63) is 54.3 Å². The summed E-state index contributed by atoms with van der Waals surface area (Å²) in [4.78, 5) is 30.8. The fourth-order valence-corrected chi connectivity index (χ4v) is 3.86. The van der Waals surface area contributed by atoms with Gasteiger partial charge in [-0.25, -0.2) is 9.29 Å². The third kappa shape index (κ3) is 4.51. The van der Waals surface area contributed by atoms with Gasteiger partial charge in [-0.3, -0.25) is 14.6 Å². The number of methoxy groups -OCH3 is 1. The Balaban J connectivity index is 1.74. The van der Waals surface area contributed by atoms with Crippen LogP contribution in [-0.2, 0) is 9.59 Å². The molecule has 1 atom stereocenters. The summed E-state index contributed by atoms with van der Waals surface area (Å²) in [6.45, 7) is 2.35. The van der Waals surface area contributed by atoms with Crippen LogP contribution in [0, 0.1) is 5.82 Å². The first-order valence-corrected chi connectivity index (χ1v) is 9.64. The van der Waals surface area contributed by atoms with Gasteiger partial charge >= 0.3 is 0 Å². The Morgan fingerprint density at radius 3 is 2.68 bits per heavy atom. The van der Waals surface area contributed by atoms with Crippen molar-refractivity contribution in [1.82, 2.24) is 0 Å². The Bertz CT molecular complexity index is 902. The van der Waals surface area contributed by atoms with Crippen LogP contribution in [0.3, 0.4) is 0 Å². The van der Waals surface area contributed by atoms with Gasteiger partial charge in [0.1, 0.15) is 16.8 Å². The minimum atomic E-state index is -0.596. The van der Waals surface area contributed by atoms with Crippen LogP contribution in [0.15, 0.2) is 53.5 Å². The first-order chi connectivity index (χ1) is 13.5. The lowest BCUT2D eigenvalue weighted by Gasteiger charge is -2.16. The van der Waals surface area contributed by atoms with Gasteiger partial charge in [-0.2, -0.15) is 0 Å². The van der Waals surface area contributed by atoms with E-state index in [4.69, 9.17) is 4.74 Å². The molecule has 6 nitrogen and oxygen atoms in total. The van der Waals surface area contributed by atoms with E-state index < -0.39 is 5.25 Å². The highest BCUT2D eigenvalue weighted by Gasteiger charge is 2.40. The molecule has 1 N–H and O–H groups in total. The van der Waals surface area contributed by atoms with Gasteiger partial charge in [0.25, 0.3) is 0 Å². The lowest BCUT2D eigenvalue weighted by molar-refractivity contribution is -0.121. The van der Waals surface area contributed by atoms with Crippen LogP contribution in [0.2, 0.25) is 0 Å². The van der Waals surface area contributed by atoms with Crippen molar-refractivity contribution in [3.8, 4) is 5.75 Å². The molecule has 8 heteroatoms. The number of amides is 2. The zero-order chi connectivity index (χ0) is 20.1. The Kier molecular flexibility index (Phi) is 6.30. The number of amidine groups is 1. The van der Waals surface area contributed by atoms with E-state index in [1.54, 1.807) is 43.5 Å². The highest BCUT2D eigenvalue weighted by Crippen LogP contribution is 2.31. The lowest BCUT2D eigenvalue weighted by atomic mass is 10.3. The average molecular weight is 401 g/mol. The van der Waals surface area contributed by atoms with Crippen molar-refractivity contribution >= 4 is 40.1 Å². The number of ether oxygens (including phenoxy) is 1. The van der Waals surface area contributed by atoms with Gasteiger partial charge in [0.2, 0.25) is 11.8 Å². The van der Waals surface area contributed by atoms with Gasteiger partial charge in [0.05, 0.1) is 12.8 Å². The molecular formula is C20H20FN3O3S. The van der Waals surface area contributed by atoms with E-state index in [0.717, 1.165) is 0 Å². The minimum Gasteiger partial charge on any atom is -0.497 e. The first-order valence-electron chi connectivity index (χ1n) is 8.76. The number of nitrogens with one attached hydrogen (secondary N) is 1. The molecule has 1 aliphatic rings. The van der Waals surface area contributed by atoms with E-state index >= 15 is 0 Å². The summed E-state index contributed by atoms with van der Waals surface area (Å²) in [6, 6.07) is 12.7. The fourth-order valence-electron chi connectivity index (χ4n) is 2.77. The second-order valence-corrected chi connectivity index (χ2v) is 7.18. The molecule has 0 saturated carbocycles. The Morgan fingerprint density at radius 2 is 2.04 bits per heavy atom. The first kappa shape index (κ1) is 19.9. The number of halogens is 1. The molecule has 0 radical (unpaired) electrons. The number of anilines is 2. The van der Waals surface area contributed by atoms with E-state index in [-0.39, 0.29) is 24.1 Å². The smallest absolute Gasteiger partial charge is 0.247 e. The second-order valence-electron chi connectivity index (χ2n) is 5.99. The molecule has 1 aliphatic heterocycles. The number of hydrogen-bond acceptors (Lipinski definition) is 5. The summed E-state index contributed by atoms with van der Waals surface area (Å²) >= 11 is 1.18. The monoisotopic (exact) mass is 401 g/mol. The van der Waals surface area contributed by atoms with Crippen molar-refractivity contribution in [2.75, 3.05) is 23.9 Å². The molecule has 0 aliphatic carbocycles. The molecule has 1 heterocycles. The molecule has 2 aromatic rings. The minimum absolute atomic E-state index is 0.0725. The van der Waals surface area contributed by atoms with Crippen molar-refractivity contribution in [2.45, 2.75) is 18.6 Å². The molecule has 0 unspecified atom stereocenters. The summed E-state index contributed by atoms with van der Waals surface area (Å²) < 4.78 is 18.5. The summed E-state index contributed by atoms with van der Waals surface area (Å²) in [6.07, 6.45) is 0.0725. The molecule has 1 saturated heterocycles. The normalized spacial score (nSPS) is 17.2. The SMILES string of the molecule is CCN=C(Nc1cccc(F)c1)S[C@H]1CC(=O)N(c2ccc(OC)cc2)C1=O. The van der Waals surface area contributed by atoms with E-state index in [9.17, 15) is 14.0 Å². The standard InChI is InChI=1S/C20H20FN3O3S/c1-3-22-20(23-14-6-4-5-13(21)11-14)28-17-12-18(25)24(19(17)26)15-7-9-16(27-2)10-8-15/h4-11,17H,3,12H2,1-2H3,(H,22,23)/t17-/m0/s1. The van der Waals surface area contributed by atoms with Crippen molar-refractivity contribution in [3.63, 3.8) is 0 Å². The second kappa shape index (κ2) is 8.88. The van der Waals surface area contributed by atoms with Crippen LogP contribution in [-0.4, -0.2) is 35.9 Å². The van der Waals surface area contributed by atoms with E-state index in [1.165, 1.54) is 28.8 Å². The number of carbonyl (C=O) groups excluding carboxylic acids is 2. The molecule has 0 aromatic heterocycles. The molecule has 28 heavy (non-hydrogen) atoms. The molecule has 1 fully saturated rings. The number of hydrogen-bond donors (Lipinski definition) is 1. The Morgan fingerprint density at radius 1 is 1.29 bits per heavy atom. The highest BCUT2D eigenvalue weighted by atomic mass is 32.2. The largest absolute Gasteiger partial charge is 0.497 e. The van der Waals surface area contributed by atoms with E-state index in [2.05, 4.69) is 10.3 Å². The van der Waals surface area contributed by atoms with Crippen molar-refractivity contribution < 1.29 is 18.7 Å². The van der Waals surface area contributed by atoms with Crippen LogP contribution in [0.4, 0.5) is 15.8 Å². The fraction of sp³-hybridized carbons (Fsp3) is 0.250. The molecular weight excluding hydrogens is 381 g/mol. The van der Waals surface area contributed by atoms with Gasteiger partial charge in [-0.05, 0) is 49.4 Å². The molecule has 0 spiro atoms. The zero-order valence-electron chi connectivity index (χ0n) is 15.5. The highest BCUT2D eigenvalue weighted by molar-refractivity contribution is 8.15. The summed E-state index contributed by atoms with van der Waals surface area (Å²) in [7, 11) is 1.55. The number of carbonyl (C=O) groups is 2. The van der Waals surface area contributed by atoms with Gasteiger partial charge in [-0.15, -0.1) is 0 Å². The molecule has 0 bridgehead atoms. The molecule has 146 valence electrons. The van der Waals surface area contributed by atoms with Crippen LogP contribution < -0.4 is 15.0 Å². The Hall–Kier alpha value is -2.87. The maximum absolute atomic E-state index is 13.4. The molecule has 3 rings (SSSR count). The van der Waals surface area contributed by atoms with E-state index in [0.29, 0.717) is 28.8 Å².